The summed E-state index contributed by atoms with van der Waals surface area (Å²) in [6, 6.07) is 8.34. The average molecular weight is 259 g/mol. The fourth-order valence-electron chi connectivity index (χ4n) is 2.53. The molecule has 2 nitrogen and oxygen atoms in total. The van der Waals surface area contributed by atoms with Gasteiger partial charge in [-0.1, -0.05) is 32.1 Å². The van der Waals surface area contributed by atoms with Crippen LogP contribution in [0, 0.1) is 0 Å². The molecular weight excluding hydrogens is 234 g/mol. The molecule has 0 aliphatic carbocycles. The standard InChI is InChI=1S/C17H25NO/c1-3-6-15(2)16-7-9-17(10-8-16)19-14-13-18-11-4-5-12-18/h7-10H,2-6,11-14H2,1H3. The molecule has 0 N–H and O–H groups in total. The van der Waals surface area contributed by atoms with Crippen LogP contribution in [0.15, 0.2) is 30.8 Å². The number of hydrogen-bond acceptors (Lipinski definition) is 2. The van der Waals surface area contributed by atoms with E-state index in [9.17, 15) is 0 Å². The lowest BCUT2D eigenvalue weighted by Gasteiger charge is -2.15. The monoisotopic (exact) mass is 259 g/mol. The zero-order chi connectivity index (χ0) is 13.5. The van der Waals surface area contributed by atoms with Gasteiger partial charge in [-0.05, 0) is 55.6 Å². The minimum Gasteiger partial charge on any atom is -0.492 e. The van der Waals surface area contributed by atoms with Crippen LogP contribution in [0.5, 0.6) is 5.75 Å². The van der Waals surface area contributed by atoms with Gasteiger partial charge >= 0.3 is 0 Å². The first-order valence-electron chi connectivity index (χ1n) is 7.43. The Kier molecular flexibility index (Phi) is 5.46. The molecule has 1 aromatic rings. The van der Waals surface area contributed by atoms with Crippen molar-refractivity contribution in [3.63, 3.8) is 0 Å². The van der Waals surface area contributed by atoms with Crippen molar-refractivity contribution < 1.29 is 4.74 Å². The second-order valence-corrected chi connectivity index (χ2v) is 5.28. The van der Waals surface area contributed by atoms with E-state index in [2.05, 4.69) is 42.7 Å². The SMILES string of the molecule is C=C(CCC)c1ccc(OCCN2CCCC2)cc1. The summed E-state index contributed by atoms with van der Waals surface area (Å²) in [5, 5.41) is 0. The molecular formula is C17H25NO. The van der Waals surface area contributed by atoms with E-state index in [0.717, 1.165) is 31.7 Å². The van der Waals surface area contributed by atoms with Gasteiger partial charge in [0.05, 0.1) is 0 Å². The lowest BCUT2D eigenvalue weighted by Crippen LogP contribution is -2.25. The number of hydrogen-bond donors (Lipinski definition) is 0. The molecule has 1 aromatic carbocycles. The van der Waals surface area contributed by atoms with Crippen molar-refractivity contribution in [1.29, 1.82) is 0 Å². The van der Waals surface area contributed by atoms with Gasteiger partial charge in [-0.2, -0.15) is 0 Å². The first-order chi connectivity index (χ1) is 9.29. The highest BCUT2D eigenvalue weighted by atomic mass is 16.5. The molecule has 0 bridgehead atoms. The smallest absolute Gasteiger partial charge is 0.119 e. The zero-order valence-electron chi connectivity index (χ0n) is 12.0. The molecule has 19 heavy (non-hydrogen) atoms. The Morgan fingerprint density at radius 3 is 2.53 bits per heavy atom. The van der Waals surface area contributed by atoms with E-state index >= 15 is 0 Å². The van der Waals surface area contributed by atoms with Crippen molar-refractivity contribution in [3.05, 3.63) is 36.4 Å². The number of likely N-dealkylation sites (tertiary alicyclic amines) is 1. The Hall–Kier alpha value is -1.28. The third-order valence-corrected chi connectivity index (χ3v) is 3.69. The van der Waals surface area contributed by atoms with Crippen LogP contribution >= 0.6 is 0 Å². The molecule has 104 valence electrons. The van der Waals surface area contributed by atoms with Crippen LogP contribution < -0.4 is 4.74 Å². The molecule has 0 saturated carbocycles. The van der Waals surface area contributed by atoms with Gasteiger partial charge in [-0.3, -0.25) is 4.90 Å². The number of nitrogens with zero attached hydrogens (tertiary/aromatic N) is 1. The van der Waals surface area contributed by atoms with Crippen molar-refractivity contribution in [2.75, 3.05) is 26.2 Å². The molecule has 1 aliphatic heterocycles. The van der Waals surface area contributed by atoms with Gasteiger partial charge in [0.1, 0.15) is 12.4 Å². The van der Waals surface area contributed by atoms with Crippen LogP contribution in [0.1, 0.15) is 38.2 Å². The maximum absolute atomic E-state index is 5.79. The zero-order valence-corrected chi connectivity index (χ0v) is 12.0. The molecule has 0 atom stereocenters. The molecule has 0 amide bonds. The molecule has 1 fully saturated rings. The summed E-state index contributed by atoms with van der Waals surface area (Å²) in [6.45, 7) is 10.6. The topological polar surface area (TPSA) is 12.5 Å². The maximum atomic E-state index is 5.79. The molecule has 0 spiro atoms. The first kappa shape index (κ1) is 14.1. The highest BCUT2D eigenvalue weighted by Crippen LogP contribution is 2.21. The van der Waals surface area contributed by atoms with E-state index in [4.69, 9.17) is 4.74 Å². The third kappa shape index (κ3) is 4.39. The van der Waals surface area contributed by atoms with Gasteiger partial charge in [0, 0.05) is 6.54 Å². The minimum absolute atomic E-state index is 0.787. The quantitative estimate of drug-likeness (QED) is 0.734. The Bertz CT molecular complexity index is 390. The molecule has 2 rings (SSSR count). The van der Waals surface area contributed by atoms with Crippen LogP contribution in [0.25, 0.3) is 5.57 Å². The van der Waals surface area contributed by atoms with Crippen LogP contribution in [0.2, 0.25) is 0 Å². The fourth-order valence-corrected chi connectivity index (χ4v) is 2.53. The van der Waals surface area contributed by atoms with Gasteiger partial charge in [0.2, 0.25) is 0 Å². The van der Waals surface area contributed by atoms with Crippen LogP contribution in [-0.2, 0) is 0 Å². The minimum atomic E-state index is 0.787. The summed E-state index contributed by atoms with van der Waals surface area (Å²) in [4.78, 5) is 2.47. The van der Waals surface area contributed by atoms with E-state index in [1.165, 1.54) is 37.1 Å². The predicted octanol–water partition coefficient (Wildman–Crippen LogP) is 3.97. The lowest BCUT2D eigenvalue weighted by atomic mass is 10.0. The molecule has 0 radical (unpaired) electrons. The summed E-state index contributed by atoms with van der Waals surface area (Å²) < 4.78 is 5.79. The lowest BCUT2D eigenvalue weighted by molar-refractivity contribution is 0.238. The predicted molar refractivity (Wildman–Crippen MR) is 81.6 cm³/mol. The third-order valence-electron chi connectivity index (χ3n) is 3.69. The van der Waals surface area contributed by atoms with E-state index in [1.807, 2.05) is 0 Å². The fraction of sp³-hybridized carbons (Fsp3) is 0.529. The first-order valence-corrected chi connectivity index (χ1v) is 7.43. The van der Waals surface area contributed by atoms with E-state index in [0.29, 0.717) is 0 Å². The second kappa shape index (κ2) is 7.34. The van der Waals surface area contributed by atoms with Crippen LogP contribution in [0.3, 0.4) is 0 Å². The summed E-state index contributed by atoms with van der Waals surface area (Å²) >= 11 is 0. The van der Waals surface area contributed by atoms with E-state index in [-0.39, 0.29) is 0 Å². The molecule has 1 heterocycles. The highest BCUT2D eigenvalue weighted by molar-refractivity contribution is 5.63. The van der Waals surface area contributed by atoms with Crippen LogP contribution in [0.4, 0.5) is 0 Å². The summed E-state index contributed by atoms with van der Waals surface area (Å²) in [5.74, 6) is 0.965. The number of benzene rings is 1. The number of allylic oxidation sites excluding steroid dienone is 1. The molecule has 1 aliphatic rings. The van der Waals surface area contributed by atoms with Gasteiger partial charge in [0.25, 0.3) is 0 Å². The van der Waals surface area contributed by atoms with Crippen LogP contribution in [-0.4, -0.2) is 31.1 Å². The Labute approximate surface area is 117 Å². The van der Waals surface area contributed by atoms with Crippen molar-refractivity contribution in [1.82, 2.24) is 4.90 Å². The van der Waals surface area contributed by atoms with E-state index in [1.54, 1.807) is 0 Å². The second-order valence-electron chi connectivity index (χ2n) is 5.28. The number of ether oxygens (including phenoxy) is 1. The Morgan fingerprint density at radius 2 is 1.89 bits per heavy atom. The summed E-state index contributed by atoms with van der Waals surface area (Å²) in [6.07, 6.45) is 4.89. The van der Waals surface area contributed by atoms with Gasteiger partial charge in [0.15, 0.2) is 0 Å². The number of rotatable bonds is 7. The van der Waals surface area contributed by atoms with Crippen molar-refractivity contribution in [3.8, 4) is 5.75 Å². The normalized spacial score (nSPS) is 15.6. The van der Waals surface area contributed by atoms with Gasteiger partial charge in [-0.15, -0.1) is 0 Å². The maximum Gasteiger partial charge on any atom is 0.119 e. The van der Waals surface area contributed by atoms with Crippen molar-refractivity contribution >= 4 is 5.57 Å². The van der Waals surface area contributed by atoms with Crippen molar-refractivity contribution in [2.24, 2.45) is 0 Å². The van der Waals surface area contributed by atoms with Gasteiger partial charge < -0.3 is 4.74 Å². The van der Waals surface area contributed by atoms with E-state index < -0.39 is 0 Å². The highest BCUT2D eigenvalue weighted by Gasteiger charge is 2.10. The largest absolute Gasteiger partial charge is 0.492 e. The summed E-state index contributed by atoms with van der Waals surface area (Å²) in [7, 11) is 0. The Morgan fingerprint density at radius 1 is 1.21 bits per heavy atom. The summed E-state index contributed by atoms with van der Waals surface area (Å²) in [5.41, 5.74) is 2.44. The van der Waals surface area contributed by atoms with Crippen molar-refractivity contribution in [2.45, 2.75) is 32.6 Å². The molecule has 2 heteroatoms. The van der Waals surface area contributed by atoms with Gasteiger partial charge in [-0.25, -0.2) is 0 Å². The average Bonchev–Trinajstić information content (AvgIpc) is 2.93. The Balaban J connectivity index is 1.76. The molecule has 0 unspecified atom stereocenters. The molecule has 1 saturated heterocycles. The molecule has 0 aromatic heterocycles.